The van der Waals surface area contributed by atoms with Gasteiger partial charge in [-0.2, -0.15) is 0 Å². The normalized spacial score (nSPS) is 12.2. The number of methoxy groups -OCH3 is 2. The summed E-state index contributed by atoms with van der Waals surface area (Å²) in [6.45, 7) is 4.11. The molecule has 1 unspecified atom stereocenters. The second-order valence-corrected chi connectivity index (χ2v) is 4.35. The molecule has 0 aromatic heterocycles. The molecule has 0 aliphatic carbocycles. The number of rotatable bonds is 8. The monoisotopic (exact) mass is 252 g/mol. The van der Waals surface area contributed by atoms with Gasteiger partial charge in [0.05, 0.1) is 14.2 Å². The van der Waals surface area contributed by atoms with Gasteiger partial charge >= 0.3 is 0 Å². The third-order valence-corrected chi connectivity index (χ3v) is 2.86. The molecule has 0 heterocycles. The van der Waals surface area contributed by atoms with Crippen molar-refractivity contribution in [2.24, 2.45) is 0 Å². The Morgan fingerprint density at radius 3 is 2.50 bits per heavy atom. The molecular formula is C14H24N2O2. The van der Waals surface area contributed by atoms with Crippen LogP contribution in [0.25, 0.3) is 0 Å². The highest BCUT2D eigenvalue weighted by molar-refractivity contribution is 5.42. The Morgan fingerprint density at radius 2 is 1.89 bits per heavy atom. The van der Waals surface area contributed by atoms with Crippen LogP contribution in [0.4, 0.5) is 0 Å². The van der Waals surface area contributed by atoms with Gasteiger partial charge < -0.3 is 20.1 Å². The zero-order chi connectivity index (χ0) is 13.4. The molecule has 1 rings (SSSR count). The first-order valence-electron chi connectivity index (χ1n) is 6.30. The van der Waals surface area contributed by atoms with Crippen LogP contribution >= 0.6 is 0 Å². The summed E-state index contributed by atoms with van der Waals surface area (Å²) in [6.07, 6.45) is 0.981. The van der Waals surface area contributed by atoms with Gasteiger partial charge in [0.1, 0.15) is 0 Å². The molecule has 0 saturated heterocycles. The van der Waals surface area contributed by atoms with Crippen molar-refractivity contribution in [3.8, 4) is 11.5 Å². The smallest absolute Gasteiger partial charge is 0.160 e. The van der Waals surface area contributed by atoms with Crippen LogP contribution in [-0.2, 0) is 6.42 Å². The van der Waals surface area contributed by atoms with Gasteiger partial charge in [-0.25, -0.2) is 0 Å². The summed E-state index contributed by atoms with van der Waals surface area (Å²) in [7, 11) is 5.28. The van der Waals surface area contributed by atoms with Crippen molar-refractivity contribution in [3.63, 3.8) is 0 Å². The molecule has 102 valence electrons. The minimum absolute atomic E-state index is 0.482. The largest absolute Gasteiger partial charge is 0.493 e. The predicted molar refractivity (Wildman–Crippen MR) is 74.6 cm³/mol. The molecule has 0 radical (unpaired) electrons. The van der Waals surface area contributed by atoms with Crippen molar-refractivity contribution in [1.29, 1.82) is 0 Å². The molecule has 1 aromatic carbocycles. The van der Waals surface area contributed by atoms with E-state index in [9.17, 15) is 0 Å². The number of likely N-dealkylation sites (N-methyl/N-ethyl adjacent to an activating group) is 1. The topological polar surface area (TPSA) is 42.5 Å². The van der Waals surface area contributed by atoms with Crippen LogP contribution in [0.15, 0.2) is 18.2 Å². The highest BCUT2D eigenvalue weighted by Gasteiger charge is 2.05. The average Bonchev–Trinajstić information content (AvgIpc) is 2.38. The first kappa shape index (κ1) is 14.8. The maximum Gasteiger partial charge on any atom is 0.160 e. The summed E-state index contributed by atoms with van der Waals surface area (Å²) in [5, 5.41) is 6.61. The maximum absolute atomic E-state index is 5.29. The van der Waals surface area contributed by atoms with Crippen molar-refractivity contribution in [2.45, 2.75) is 19.4 Å². The van der Waals surface area contributed by atoms with Crippen LogP contribution in [0.3, 0.4) is 0 Å². The SMILES string of the molecule is CNCC(C)NCCc1ccc(OC)c(OC)c1. The van der Waals surface area contributed by atoms with Crippen molar-refractivity contribution in [1.82, 2.24) is 10.6 Å². The van der Waals surface area contributed by atoms with Gasteiger partial charge in [-0.3, -0.25) is 0 Å². The molecule has 0 spiro atoms. The van der Waals surface area contributed by atoms with Crippen LogP contribution in [-0.4, -0.2) is 40.4 Å². The minimum atomic E-state index is 0.482. The summed E-state index contributed by atoms with van der Waals surface area (Å²) in [4.78, 5) is 0. The fourth-order valence-corrected chi connectivity index (χ4v) is 1.88. The van der Waals surface area contributed by atoms with Gasteiger partial charge in [0.25, 0.3) is 0 Å². The molecule has 0 amide bonds. The molecule has 0 aliphatic rings. The Morgan fingerprint density at radius 1 is 1.17 bits per heavy atom. The van der Waals surface area contributed by atoms with E-state index in [-0.39, 0.29) is 0 Å². The Balaban J connectivity index is 2.47. The van der Waals surface area contributed by atoms with E-state index < -0.39 is 0 Å². The van der Waals surface area contributed by atoms with E-state index in [1.165, 1.54) is 5.56 Å². The van der Waals surface area contributed by atoms with E-state index in [1.54, 1.807) is 14.2 Å². The lowest BCUT2D eigenvalue weighted by atomic mass is 10.1. The first-order chi connectivity index (χ1) is 8.71. The van der Waals surface area contributed by atoms with E-state index in [0.29, 0.717) is 6.04 Å². The van der Waals surface area contributed by atoms with Gasteiger partial charge in [0.15, 0.2) is 11.5 Å². The molecule has 1 aromatic rings. The fraction of sp³-hybridized carbons (Fsp3) is 0.571. The zero-order valence-electron chi connectivity index (χ0n) is 11.7. The van der Waals surface area contributed by atoms with E-state index in [1.807, 2.05) is 19.2 Å². The van der Waals surface area contributed by atoms with Crippen molar-refractivity contribution in [3.05, 3.63) is 23.8 Å². The summed E-state index contributed by atoms with van der Waals surface area (Å²) in [5.41, 5.74) is 1.25. The molecule has 4 heteroatoms. The third kappa shape index (κ3) is 4.55. The molecule has 2 N–H and O–H groups in total. The van der Waals surface area contributed by atoms with Crippen molar-refractivity contribution >= 4 is 0 Å². The van der Waals surface area contributed by atoms with E-state index in [2.05, 4.69) is 23.6 Å². The molecule has 0 bridgehead atoms. The second-order valence-electron chi connectivity index (χ2n) is 4.35. The van der Waals surface area contributed by atoms with Crippen LogP contribution < -0.4 is 20.1 Å². The molecule has 1 atom stereocenters. The molecule has 0 fully saturated rings. The minimum Gasteiger partial charge on any atom is -0.493 e. The summed E-state index contributed by atoms with van der Waals surface area (Å²) in [6, 6.07) is 6.54. The molecule has 4 nitrogen and oxygen atoms in total. The quantitative estimate of drug-likeness (QED) is 0.735. The molecule has 0 saturated carbocycles. The first-order valence-corrected chi connectivity index (χ1v) is 6.30. The lowest BCUT2D eigenvalue weighted by molar-refractivity contribution is 0.354. The lowest BCUT2D eigenvalue weighted by Crippen LogP contribution is -2.35. The van der Waals surface area contributed by atoms with E-state index in [4.69, 9.17) is 9.47 Å². The Bertz CT molecular complexity index is 356. The summed E-state index contributed by atoms with van der Waals surface area (Å²) < 4.78 is 10.5. The number of nitrogens with one attached hydrogen (secondary N) is 2. The Kier molecular flexibility index (Phi) is 6.54. The van der Waals surface area contributed by atoms with Gasteiger partial charge in [0.2, 0.25) is 0 Å². The highest BCUT2D eigenvalue weighted by atomic mass is 16.5. The van der Waals surface area contributed by atoms with E-state index in [0.717, 1.165) is 31.0 Å². The predicted octanol–water partition coefficient (Wildman–Crippen LogP) is 1.44. The Labute approximate surface area is 110 Å². The van der Waals surface area contributed by atoms with Gasteiger partial charge in [-0.15, -0.1) is 0 Å². The molecule has 0 aliphatic heterocycles. The number of benzene rings is 1. The highest BCUT2D eigenvalue weighted by Crippen LogP contribution is 2.27. The average molecular weight is 252 g/mol. The van der Waals surface area contributed by atoms with Gasteiger partial charge in [-0.05, 0) is 44.6 Å². The second kappa shape index (κ2) is 7.95. The Hall–Kier alpha value is -1.26. The fourth-order valence-electron chi connectivity index (χ4n) is 1.88. The van der Waals surface area contributed by atoms with Gasteiger partial charge in [0, 0.05) is 12.6 Å². The zero-order valence-corrected chi connectivity index (χ0v) is 11.7. The van der Waals surface area contributed by atoms with Crippen LogP contribution in [0, 0.1) is 0 Å². The molecule has 18 heavy (non-hydrogen) atoms. The number of hydrogen-bond acceptors (Lipinski definition) is 4. The summed E-state index contributed by atoms with van der Waals surface area (Å²) in [5.74, 6) is 1.57. The van der Waals surface area contributed by atoms with Crippen molar-refractivity contribution in [2.75, 3.05) is 34.4 Å². The number of hydrogen-bond donors (Lipinski definition) is 2. The van der Waals surface area contributed by atoms with Crippen molar-refractivity contribution < 1.29 is 9.47 Å². The standard InChI is InChI=1S/C14H24N2O2/c1-11(10-15-2)16-8-7-12-5-6-13(17-3)14(9-12)18-4/h5-6,9,11,15-16H,7-8,10H2,1-4H3. The lowest BCUT2D eigenvalue weighted by Gasteiger charge is -2.14. The van der Waals surface area contributed by atoms with Gasteiger partial charge in [-0.1, -0.05) is 6.07 Å². The van der Waals surface area contributed by atoms with Crippen LogP contribution in [0.2, 0.25) is 0 Å². The van der Waals surface area contributed by atoms with Crippen LogP contribution in [0.1, 0.15) is 12.5 Å². The number of ether oxygens (including phenoxy) is 2. The molecular weight excluding hydrogens is 228 g/mol. The van der Waals surface area contributed by atoms with E-state index >= 15 is 0 Å². The maximum atomic E-state index is 5.29. The summed E-state index contributed by atoms with van der Waals surface area (Å²) >= 11 is 0. The third-order valence-electron chi connectivity index (χ3n) is 2.86. The van der Waals surface area contributed by atoms with Crippen LogP contribution in [0.5, 0.6) is 11.5 Å².